The smallest absolute Gasteiger partial charge is 0.272 e. The molecule has 0 spiro atoms. The quantitative estimate of drug-likeness (QED) is 0.283. The summed E-state index contributed by atoms with van der Waals surface area (Å²) in [6.07, 6.45) is 1.37. The SMILES string of the molecule is Cc1ccc(/C=C(\C#N)C(=O)c2cccs2)cc1[N+](=O)[O-]. The second-order valence-electron chi connectivity index (χ2n) is 4.28. The Labute approximate surface area is 124 Å². The van der Waals surface area contributed by atoms with E-state index in [1.165, 1.54) is 23.5 Å². The van der Waals surface area contributed by atoms with Crippen LogP contribution in [-0.2, 0) is 0 Å². The van der Waals surface area contributed by atoms with E-state index in [4.69, 9.17) is 5.26 Å². The third-order valence-electron chi connectivity index (χ3n) is 2.85. The zero-order valence-electron chi connectivity index (χ0n) is 11.1. The molecule has 104 valence electrons. The average molecular weight is 298 g/mol. The van der Waals surface area contributed by atoms with E-state index < -0.39 is 4.92 Å². The molecule has 5 nitrogen and oxygen atoms in total. The maximum Gasteiger partial charge on any atom is 0.272 e. The van der Waals surface area contributed by atoms with Crippen molar-refractivity contribution in [2.45, 2.75) is 6.92 Å². The first-order valence-corrected chi connectivity index (χ1v) is 6.86. The van der Waals surface area contributed by atoms with Crippen LogP contribution in [0.4, 0.5) is 5.69 Å². The molecule has 0 amide bonds. The van der Waals surface area contributed by atoms with Crippen molar-refractivity contribution >= 4 is 28.9 Å². The number of rotatable bonds is 4. The molecule has 0 fully saturated rings. The van der Waals surface area contributed by atoms with Gasteiger partial charge in [0, 0.05) is 11.6 Å². The molecule has 0 saturated carbocycles. The van der Waals surface area contributed by atoms with E-state index in [0.29, 0.717) is 16.0 Å². The van der Waals surface area contributed by atoms with Gasteiger partial charge in [0.05, 0.1) is 9.80 Å². The van der Waals surface area contributed by atoms with Crippen molar-refractivity contribution in [3.05, 3.63) is 67.4 Å². The molecule has 0 unspecified atom stereocenters. The molecule has 2 rings (SSSR count). The molecule has 0 N–H and O–H groups in total. The summed E-state index contributed by atoms with van der Waals surface area (Å²) >= 11 is 1.25. The van der Waals surface area contributed by atoms with Crippen LogP contribution in [0.1, 0.15) is 20.8 Å². The molecule has 0 bridgehead atoms. The van der Waals surface area contributed by atoms with Crippen molar-refractivity contribution in [2.24, 2.45) is 0 Å². The van der Waals surface area contributed by atoms with E-state index in [0.717, 1.165) is 0 Å². The molecule has 0 aliphatic carbocycles. The molecule has 1 aromatic carbocycles. The summed E-state index contributed by atoms with van der Waals surface area (Å²) in [5.74, 6) is -0.379. The van der Waals surface area contributed by atoms with Crippen LogP contribution < -0.4 is 0 Å². The van der Waals surface area contributed by atoms with Crippen molar-refractivity contribution in [2.75, 3.05) is 0 Å². The Morgan fingerprint density at radius 1 is 1.43 bits per heavy atom. The molecular formula is C15H10N2O3S. The minimum Gasteiger partial charge on any atom is -0.287 e. The van der Waals surface area contributed by atoms with Gasteiger partial charge in [-0.15, -0.1) is 11.3 Å². The fourth-order valence-corrected chi connectivity index (χ4v) is 2.45. The van der Waals surface area contributed by atoms with E-state index in [1.54, 1.807) is 36.6 Å². The summed E-state index contributed by atoms with van der Waals surface area (Å²) in [6, 6.07) is 9.80. The van der Waals surface area contributed by atoms with E-state index in [-0.39, 0.29) is 17.0 Å². The maximum absolute atomic E-state index is 12.1. The van der Waals surface area contributed by atoms with Crippen LogP contribution in [0, 0.1) is 28.4 Å². The van der Waals surface area contributed by atoms with Gasteiger partial charge < -0.3 is 0 Å². The molecule has 0 radical (unpaired) electrons. The van der Waals surface area contributed by atoms with Gasteiger partial charge in [-0.3, -0.25) is 14.9 Å². The normalized spacial score (nSPS) is 11.0. The van der Waals surface area contributed by atoms with Crippen LogP contribution in [0.5, 0.6) is 0 Å². The van der Waals surface area contributed by atoms with Crippen LogP contribution in [0.25, 0.3) is 6.08 Å². The summed E-state index contributed by atoms with van der Waals surface area (Å²) in [7, 11) is 0. The van der Waals surface area contributed by atoms with Crippen LogP contribution in [0.2, 0.25) is 0 Å². The number of nitro benzene ring substituents is 1. The van der Waals surface area contributed by atoms with E-state index in [9.17, 15) is 14.9 Å². The molecule has 0 aliphatic rings. The number of carbonyl (C=O) groups excluding carboxylic acids is 1. The Kier molecular flexibility index (Phi) is 4.26. The van der Waals surface area contributed by atoms with Gasteiger partial charge in [-0.1, -0.05) is 18.2 Å². The third-order valence-corrected chi connectivity index (χ3v) is 3.72. The molecular weight excluding hydrogens is 288 g/mol. The first-order valence-electron chi connectivity index (χ1n) is 5.98. The summed E-state index contributed by atoms with van der Waals surface area (Å²) in [5, 5.41) is 21.8. The predicted octanol–water partition coefficient (Wildman–Crippen LogP) is 3.75. The summed E-state index contributed by atoms with van der Waals surface area (Å²) in [6.45, 7) is 1.63. The predicted molar refractivity (Wildman–Crippen MR) is 80.1 cm³/mol. The number of hydrogen-bond acceptors (Lipinski definition) is 5. The fourth-order valence-electron chi connectivity index (χ4n) is 1.77. The van der Waals surface area contributed by atoms with Gasteiger partial charge in [-0.05, 0) is 30.0 Å². The van der Waals surface area contributed by atoms with Crippen molar-refractivity contribution in [3.63, 3.8) is 0 Å². The fraction of sp³-hybridized carbons (Fsp3) is 0.0667. The summed E-state index contributed by atoms with van der Waals surface area (Å²) in [4.78, 5) is 23.0. The summed E-state index contributed by atoms with van der Waals surface area (Å²) in [5.41, 5.74) is 0.897. The zero-order chi connectivity index (χ0) is 15.4. The number of thiophene rings is 1. The van der Waals surface area contributed by atoms with Crippen molar-refractivity contribution in [3.8, 4) is 6.07 Å². The molecule has 0 atom stereocenters. The number of nitrogens with zero attached hydrogens (tertiary/aromatic N) is 2. The lowest BCUT2D eigenvalue weighted by Gasteiger charge is -2.00. The molecule has 1 aromatic heterocycles. The number of benzene rings is 1. The highest BCUT2D eigenvalue weighted by molar-refractivity contribution is 7.12. The summed E-state index contributed by atoms with van der Waals surface area (Å²) < 4.78 is 0. The van der Waals surface area contributed by atoms with E-state index in [1.807, 2.05) is 6.07 Å². The average Bonchev–Trinajstić information content (AvgIpc) is 2.99. The number of carbonyl (C=O) groups is 1. The monoisotopic (exact) mass is 298 g/mol. The van der Waals surface area contributed by atoms with Crippen molar-refractivity contribution in [1.29, 1.82) is 5.26 Å². The molecule has 1 heterocycles. The molecule has 2 aromatic rings. The number of aryl methyl sites for hydroxylation is 1. The highest BCUT2D eigenvalue weighted by Crippen LogP contribution is 2.22. The van der Waals surface area contributed by atoms with Gasteiger partial charge >= 0.3 is 0 Å². The highest BCUT2D eigenvalue weighted by Gasteiger charge is 2.15. The Morgan fingerprint density at radius 3 is 2.76 bits per heavy atom. The molecule has 0 saturated heterocycles. The molecule has 0 aliphatic heterocycles. The van der Waals surface area contributed by atoms with Crippen LogP contribution >= 0.6 is 11.3 Å². The second kappa shape index (κ2) is 6.11. The zero-order valence-corrected chi connectivity index (χ0v) is 11.9. The van der Waals surface area contributed by atoms with Crippen LogP contribution in [-0.4, -0.2) is 10.7 Å². The van der Waals surface area contributed by atoms with Gasteiger partial charge in [0.25, 0.3) is 5.69 Å². The van der Waals surface area contributed by atoms with Gasteiger partial charge in [-0.2, -0.15) is 5.26 Å². The van der Waals surface area contributed by atoms with Crippen LogP contribution in [0.3, 0.4) is 0 Å². The molecule has 21 heavy (non-hydrogen) atoms. The number of allylic oxidation sites excluding steroid dienone is 1. The minimum atomic E-state index is -0.486. The van der Waals surface area contributed by atoms with Gasteiger partial charge in [0.1, 0.15) is 11.6 Å². The van der Waals surface area contributed by atoms with Gasteiger partial charge in [0.2, 0.25) is 5.78 Å². The van der Waals surface area contributed by atoms with E-state index >= 15 is 0 Å². The van der Waals surface area contributed by atoms with Crippen LogP contribution in [0.15, 0.2) is 41.3 Å². The Balaban J connectivity index is 2.42. The number of ketones is 1. The topological polar surface area (TPSA) is 84.0 Å². The lowest BCUT2D eigenvalue weighted by atomic mass is 10.0. The van der Waals surface area contributed by atoms with Crippen molar-refractivity contribution in [1.82, 2.24) is 0 Å². The van der Waals surface area contributed by atoms with Crippen molar-refractivity contribution < 1.29 is 9.72 Å². The first-order chi connectivity index (χ1) is 10.0. The number of hydrogen-bond donors (Lipinski definition) is 0. The standard InChI is InChI=1S/C15H10N2O3S/c1-10-4-5-11(8-13(10)17(19)20)7-12(9-16)15(18)14-3-2-6-21-14/h2-8H,1H3/b12-7+. The van der Waals surface area contributed by atoms with Gasteiger partial charge in [-0.25, -0.2) is 0 Å². The third kappa shape index (κ3) is 3.22. The maximum atomic E-state index is 12.1. The number of Topliss-reactive ketones (excluding diaryl/α,β-unsaturated/α-hetero) is 1. The molecule has 6 heteroatoms. The first kappa shape index (κ1) is 14.6. The lowest BCUT2D eigenvalue weighted by Crippen LogP contribution is -1.99. The highest BCUT2D eigenvalue weighted by atomic mass is 32.1. The Hall–Kier alpha value is -2.78. The number of nitriles is 1. The lowest BCUT2D eigenvalue weighted by molar-refractivity contribution is -0.385. The van der Waals surface area contributed by atoms with Gasteiger partial charge in [0.15, 0.2) is 0 Å². The Bertz CT molecular complexity index is 771. The largest absolute Gasteiger partial charge is 0.287 e. The van der Waals surface area contributed by atoms with E-state index in [2.05, 4.69) is 0 Å². The second-order valence-corrected chi connectivity index (χ2v) is 5.23. The minimum absolute atomic E-state index is 0.0374. The number of nitro groups is 1. The Morgan fingerprint density at radius 2 is 2.19 bits per heavy atom.